The quantitative estimate of drug-likeness (QED) is 0.251. The maximum absolute atomic E-state index is 13.3. The topological polar surface area (TPSA) is 133 Å². The van der Waals surface area contributed by atoms with E-state index < -0.39 is 23.2 Å². The summed E-state index contributed by atoms with van der Waals surface area (Å²) >= 11 is 5.69. The Morgan fingerprint density at radius 2 is 1.50 bits per heavy atom. The van der Waals surface area contributed by atoms with Crippen LogP contribution in [0.15, 0.2) is 52.1 Å². The van der Waals surface area contributed by atoms with Crippen LogP contribution < -0.4 is 21.5 Å². The summed E-state index contributed by atoms with van der Waals surface area (Å²) in [4.78, 5) is 59.3. The number of aromatic nitrogens is 4. The van der Waals surface area contributed by atoms with Crippen molar-refractivity contribution in [3.05, 3.63) is 85.6 Å². The monoisotopic (exact) mass is 619 g/mol. The summed E-state index contributed by atoms with van der Waals surface area (Å²) in [6, 6.07) is 12.6. The highest BCUT2D eigenvalue weighted by molar-refractivity contribution is 7.80. The highest BCUT2D eigenvalue weighted by Gasteiger charge is 2.27. The predicted molar refractivity (Wildman–Crippen MR) is 170 cm³/mol. The Balaban J connectivity index is 1.40. The molecule has 1 fully saturated rings. The average Bonchev–Trinajstić information content (AvgIpc) is 3.41. The summed E-state index contributed by atoms with van der Waals surface area (Å²) in [7, 11) is 5.60. The number of aryl methyl sites for hydroxylation is 2. The van der Waals surface area contributed by atoms with Crippen LogP contribution in [0.4, 0.5) is 11.6 Å². The van der Waals surface area contributed by atoms with Crippen LogP contribution in [0.2, 0.25) is 0 Å². The van der Waals surface area contributed by atoms with Gasteiger partial charge in [-0.15, -0.1) is 0 Å². The Bertz CT molecular complexity index is 1850. The van der Waals surface area contributed by atoms with Crippen LogP contribution in [0.5, 0.6) is 0 Å². The molecule has 0 atom stereocenters. The van der Waals surface area contributed by atoms with E-state index in [1.54, 1.807) is 19.2 Å². The summed E-state index contributed by atoms with van der Waals surface area (Å²) in [5.41, 5.74) is 2.76. The minimum atomic E-state index is -0.598. The van der Waals surface area contributed by atoms with Gasteiger partial charge < -0.3 is 24.6 Å². The molecular weight excluding hydrogens is 586 g/mol. The molecule has 0 bridgehead atoms. The number of anilines is 2. The molecule has 1 saturated heterocycles. The standard InChI is InChI=1S/C30H33N7O6S/c1-18-6-8-19(9-7-18)17-37-23-24(33(2)30(41)34(3)25(23)38)32-28(37)35-10-12-36(13-11-35)29(44)31-22-15-20(26(39)42-4)14-21(16-22)27(40)43-5/h6-9,14-16H,10-13,17H2,1-5H3,(H,31,44). The zero-order valence-corrected chi connectivity index (χ0v) is 25.9. The van der Waals surface area contributed by atoms with E-state index in [0.29, 0.717) is 60.6 Å². The van der Waals surface area contributed by atoms with Gasteiger partial charge in [0.15, 0.2) is 16.3 Å². The van der Waals surface area contributed by atoms with Gasteiger partial charge in [0.05, 0.1) is 31.9 Å². The summed E-state index contributed by atoms with van der Waals surface area (Å²) in [5, 5.41) is 3.53. The first kappa shape index (κ1) is 30.5. The van der Waals surface area contributed by atoms with Crippen LogP contribution in [0.25, 0.3) is 11.2 Å². The van der Waals surface area contributed by atoms with Crippen LogP contribution in [-0.2, 0) is 30.1 Å². The first-order valence-corrected chi connectivity index (χ1v) is 14.3. The van der Waals surface area contributed by atoms with Crippen molar-refractivity contribution in [1.29, 1.82) is 0 Å². The van der Waals surface area contributed by atoms with Gasteiger partial charge in [-0.05, 0) is 42.9 Å². The molecule has 4 aromatic rings. The van der Waals surface area contributed by atoms with Gasteiger partial charge in [-0.3, -0.25) is 18.5 Å². The highest BCUT2D eigenvalue weighted by atomic mass is 32.1. The molecule has 5 rings (SSSR count). The lowest BCUT2D eigenvalue weighted by Gasteiger charge is -2.36. The number of hydrogen-bond acceptors (Lipinski definition) is 9. The molecule has 230 valence electrons. The molecule has 3 heterocycles. The van der Waals surface area contributed by atoms with Crippen LogP contribution in [0, 0.1) is 6.92 Å². The summed E-state index contributed by atoms with van der Waals surface area (Å²) in [6.07, 6.45) is 0. The maximum atomic E-state index is 13.3. The SMILES string of the molecule is COC(=O)c1cc(NC(=S)N2CCN(c3nc4c(c(=O)n(C)c(=O)n4C)n3Cc3ccc(C)cc3)CC2)cc(C(=O)OC)c1. The number of esters is 2. The lowest BCUT2D eigenvalue weighted by molar-refractivity contribution is 0.0599. The molecule has 14 heteroatoms. The number of ether oxygens (including phenoxy) is 2. The van der Waals surface area contributed by atoms with E-state index >= 15 is 0 Å². The molecule has 0 amide bonds. The fraction of sp³-hybridized carbons (Fsp3) is 0.333. The third kappa shape index (κ3) is 5.80. The Kier molecular flexibility index (Phi) is 8.54. The molecule has 1 aliphatic rings. The van der Waals surface area contributed by atoms with Crippen LogP contribution >= 0.6 is 12.2 Å². The van der Waals surface area contributed by atoms with Gasteiger partial charge in [0, 0.05) is 46.0 Å². The van der Waals surface area contributed by atoms with E-state index in [1.165, 1.54) is 31.9 Å². The molecule has 0 spiro atoms. The number of rotatable bonds is 6. The minimum absolute atomic E-state index is 0.179. The number of imidazole rings is 1. The van der Waals surface area contributed by atoms with Crippen LogP contribution in [0.3, 0.4) is 0 Å². The summed E-state index contributed by atoms with van der Waals surface area (Å²) < 4.78 is 14.0. The fourth-order valence-corrected chi connectivity index (χ4v) is 5.49. The van der Waals surface area contributed by atoms with Gasteiger partial charge in [-0.1, -0.05) is 29.8 Å². The van der Waals surface area contributed by atoms with Crippen LogP contribution in [-0.4, -0.2) is 81.0 Å². The van der Waals surface area contributed by atoms with Crippen LogP contribution in [0.1, 0.15) is 31.8 Å². The number of benzene rings is 2. The first-order chi connectivity index (χ1) is 21.0. The number of fused-ring (bicyclic) bond motifs is 1. The minimum Gasteiger partial charge on any atom is -0.465 e. The number of nitrogens with one attached hydrogen (secondary N) is 1. The highest BCUT2D eigenvalue weighted by Crippen LogP contribution is 2.24. The number of nitrogens with zero attached hydrogens (tertiary/aromatic N) is 6. The van der Waals surface area contributed by atoms with Gasteiger partial charge >= 0.3 is 17.6 Å². The van der Waals surface area contributed by atoms with Crippen molar-refractivity contribution >= 4 is 52.1 Å². The Labute approximate surface area is 258 Å². The third-order valence-corrected chi connectivity index (χ3v) is 8.03. The zero-order chi connectivity index (χ0) is 31.7. The van der Waals surface area contributed by atoms with Gasteiger partial charge in [0.25, 0.3) is 5.56 Å². The van der Waals surface area contributed by atoms with Crippen molar-refractivity contribution in [2.24, 2.45) is 14.1 Å². The van der Waals surface area contributed by atoms with Crippen molar-refractivity contribution in [1.82, 2.24) is 23.6 Å². The van der Waals surface area contributed by atoms with E-state index in [2.05, 4.69) is 10.2 Å². The second kappa shape index (κ2) is 12.3. The first-order valence-electron chi connectivity index (χ1n) is 13.9. The second-order valence-electron chi connectivity index (χ2n) is 10.5. The normalized spacial score (nSPS) is 13.2. The smallest absolute Gasteiger partial charge is 0.337 e. The molecule has 2 aromatic heterocycles. The van der Waals surface area contributed by atoms with Crippen molar-refractivity contribution < 1.29 is 19.1 Å². The van der Waals surface area contributed by atoms with Gasteiger partial charge in [-0.2, -0.15) is 4.98 Å². The number of piperazine rings is 1. The number of carbonyl (C=O) groups excluding carboxylic acids is 2. The van der Waals surface area contributed by atoms with Crippen molar-refractivity contribution in [2.75, 3.05) is 50.6 Å². The van der Waals surface area contributed by atoms with E-state index in [0.717, 1.165) is 15.7 Å². The van der Waals surface area contributed by atoms with Gasteiger partial charge in [0.1, 0.15) is 0 Å². The van der Waals surface area contributed by atoms with E-state index in [9.17, 15) is 19.2 Å². The lowest BCUT2D eigenvalue weighted by atomic mass is 10.1. The third-order valence-electron chi connectivity index (χ3n) is 7.67. The number of carbonyl (C=O) groups is 2. The second-order valence-corrected chi connectivity index (χ2v) is 10.9. The molecule has 0 radical (unpaired) electrons. The molecule has 2 aromatic carbocycles. The molecule has 0 aliphatic carbocycles. The van der Waals surface area contributed by atoms with E-state index in [-0.39, 0.29) is 11.1 Å². The summed E-state index contributed by atoms with van der Waals surface area (Å²) in [6.45, 7) is 4.53. The zero-order valence-electron chi connectivity index (χ0n) is 25.1. The largest absolute Gasteiger partial charge is 0.465 e. The molecule has 13 nitrogen and oxygen atoms in total. The average molecular weight is 620 g/mol. The van der Waals surface area contributed by atoms with Gasteiger partial charge in [0.2, 0.25) is 5.95 Å². The molecular formula is C30H33N7O6S. The van der Waals surface area contributed by atoms with Crippen molar-refractivity contribution in [3.63, 3.8) is 0 Å². The molecule has 0 saturated carbocycles. The summed E-state index contributed by atoms with van der Waals surface area (Å²) in [5.74, 6) is -0.607. The van der Waals surface area contributed by atoms with E-state index in [4.69, 9.17) is 26.7 Å². The van der Waals surface area contributed by atoms with Crippen molar-refractivity contribution in [3.8, 4) is 0 Å². The Morgan fingerprint density at radius 1 is 0.909 bits per heavy atom. The lowest BCUT2D eigenvalue weighted by Crippen LogP contribution is -2.50. The number of thiocarbonyl (C=S) groups is 1. The Hall–Kier alpha value is -4.98. The molecule has 1 aliphatic heterocycles. The predicted octanol–water partition coefficient (Wildman–Crippen LogP) is 1.88. The maximum Gasteiger partial charge on any atom is 0.337 e. The molecule has 0 unspecified atom stereocenters. The fourth-order valence-electron chi connectivity index (χ4n) is 5.19. The van der Waals surface area contributed by atoms with E-state index in [1.807, 2.05) is 40.7 Å². The molecule has 1 N–H and O–H groups in total. The molecule has 44 heavy (non-hydrogen) atoms. The van der Waals surface area contributed by atoms with Gasteiger partial charge in [-0.25, -0.2) is 14.4 Å². The van der Waals surface area contributed by atoms with Crippen molar-refractivity contribution in [2.45, 2.75) is 13.5 Å². The number of methoxy groups -OCH3 is 2. The Morgan fingerprint density at radius 3 is 2.07 bits per heavy atom. The number of hydrogen-bond donors (Lipinski definition) is 1.